The van der Waals surface area contributed by atoms with Crippen molar-refractivity contribution < 1.29 is 4.79 Å². The van der Waals surface area contributed by atoms with Crippen molar-refractivity contribution >= 4 is 5.91 Å². The van der Waals surface area contributed by atoms with Gasteiger partial charge in [0.05, 0.1) is 5.69 Å². The van der Waals surface area contributed by atoms with Crippen LogP contribution in [0.4, 0.5) is 0 Å². The number of nitrogens with one attached hydrogen (secondary N) is 2. The molecule has 2 heterocycles. The van der Waals surface area contributed by atoms with E-state index in [2.05, 4.69) is 20.6 Å². The van der Waals surface area contributed by atoms with Crippen LogP contribution in [0.15, 0.2) is 41.2 Å². The lowest BCUT2D eigenvalue weighted by molar-refractivity contribution is 0.0939. The first-order valence-electron chi connectivity index (χ1n) is 8.53. The third-order valence-corrected chi connectivity index (χ3v) is 4.25. The van der Waals surface area contributed by atoms with Gasteiger partial charge in [-0.1, -0.05) is 18.2 Å². The maximum Gasteiger partial charge on any atom is 0.275 e. The largest absolute Gasteiger partial charge is 0.349 e. The number of hydrogen-bond acceptors (Lipinski definition) is 5. The molecule has 1 aromatic carbocycles. The Morgan fingerprint density at radius 3 is 2.68 bits per heavy atom. The SMILES string of the molecule is Cc1cc(=O)c(C(=O)NCCN2CCNCC2)nn1-c1ccccc1. The molecule has 1 fully saturated rings. The maximum atomic E-state index is 12.4. The van der Waals surface area contributed by atoms with Gasteiger partial charge in [0, 0.05) is 51.0 Å². The van der Waals surface area contributed by atoms with E-state index in [0.717, 1.165) is 38.4 Å². The highest BCUT2D eigenvalue weighted by atomic mass is 16.2. The first-order chi connectivity index (χ1) is 12.1. The monoisotopic (exact) mass is 341 g/mol. The van der Waals surface area contributed by atoms with Gasteiger partial charge in [-0.3, -0.25) is 14.5 Å². The van der Waals surface area contributed by atoms with Crippen molar-refractivity contribution in [2.75, 3.05) is 39.3 Å². The number of nitrogens with zero attached hydrogens (tertiary/aromatic N) is 3. The standard InChI is InChI=1S/C18H23N5O2/c1-14-13-16(24)17(21-23(14)15-5-3-2-4-6-15)18(25)20-9-12-22-10-7-19-8-11-22/h2-6,13,19H,7-12H2,1H3,(H,20,25). The number of piperazine rings is 1. The Kier molecular flexibility index (Phi) is 5.57. The van der Waals surface area contributed by atoms with Crippen molar-refractivity contribution in [3.05, 3.63) is 58.0 Å². The molecular weight excluding hydrogens is 318 g/mol. The predicted molar refractivity (Wildman–Crippen MR) is 96.2 cm³/mol. The Morgan fingerprint density at radius 1 is 1.24 bits per heavy atom. The fraction of sp³-hybridized carbons (Fsp3) is 0.389. The first kappa shape index (κ1) is 17.3. The van der Waals surface area contributed by atoms with E-state index in [1.807, 2.05) is 30.3 Å². The van der Waals surface area contributed by atoms with E-state index < -0.39 is 5.91 Å². The Morgan fingerprint density at radius 2 is 1.96 bits per heavy atom. The van der Waals surface area contributed by atoms with Gasteiger partial charge in [0.2, 0.25) is 5.43 Å². The van der Waals surface area contributed by atoms with Crippen molar-refractivity contribution in [2.24, 2.45) is 0 Å². The molecule has 0 spiro atoms. The first-order valence-corrected chi connectivity index (χ1v) is 8.53. The van der Waals surface area contributed by atoms with Gasteiger partial charge in [-0.25, -0.2) is 4.68 Å². The zero-order chi connectivity index (χ0) is 17.6. The van der Waals surface area contributed by atoms with Crippen molar-refractivity contribution in [1.29, 1.82) is 0 Å². The third kappa shape index (κ3) is 4.32. The molecule has 7 heteroatoms. The number of amides is 1. The second-order valence-corrected chi connectivity index (χ2v) is 6.09. The quantitative estimate of drug-likeness (QED) is 0.811. The molecule has 0 aliphatic carbocycles. The number of benzene rings is 1. The van der Waals surface area contributed by atoms with Gasteiger partial charge < -0.3 is 10.6 Å². The van der Waals surface area contributed by atoms with Gasteiger partial charge in [-0.05, 0) is 19.1 Å². The second kappa shape index (κ2) is 8.04. The number of carbonyl (C=O) groups excluding carboxylic acids is 1. The predicted octanol–water partition coefficient (Wildman–Crippen LogP) is 0.176. The summed E-state index contributed by atoms with van der Waals surface area (Å²) in [5, 5.41) is 10.4. The number of carbonyl (C=O) groups is 1. The molecule has 1 aliphatic heterocycles. The lowest BCUT2D eigenvalue weighted by Crippen LogP contribution is -2.46. The second-order valence-electron chi connectivity index (χ2n) is 6.09. The lowest BCUT2D eigenvalue weighted by atomic mass is 10.2. The molecule has 0 unspecified atom stereocenters. The van der Waals surface area contributed by atoms with Crippen LogP contribution in [0.25, 0.3) is 5.69 Å². The normalized spacial score (nSPS) is 15.1. The van der Waals surface area contributed by atoms with Crippen LogP contribution >= 0.6 is 0 Å². The van der Waals surface area contributed by atoms with Gasteiger partial charge in [0.1, 0.15) is 0 Å². The molecule has 1 aliphatic rings. The average molecular weight is 341 g/mol. The number of hydrogen-bond donors (Lipinski definition) is 2. The van der Waals surface area contributed by atoms with Crippen LogP contribution < -0.4 is 16.1 Å². The molecule has 1 saturated heterocycles. The highest BCUT2D eigenvalue weighted by Crippen LogP contribution is 2.07. The Balaban J connectivity index is 1.70. The summed E-state index contributed by atoms with van der Waals surface area (Å²) in [6, 6.07) is 10.9. The molecule has 0 saturated carbocycles. The zero-order valence-electron chi connectivity index (χ0n) is 14.4. The summed E-state index contributed by atoms with van der Waals surface area (Å²) in [4.78, 5) is 26.8. The van der Waals surface area contributed by atoms with Crippen LogP contribution in [0.5, 0.6) is 0 Å². The summed E-state index contributed by atoms with van der Waals surface area (Å²) < 4.78 is 1.62. The summed E-state index contributed by atoms with van der Waals surface area (Å²) in [6.45, 7) is 6.95. The molecule has 1 aromatic heterocycles. The fourth-order valence-electron chi connectivity index (χ4n) is 2.88. The van der Waals surface area contributed by atoms with E-state index in [-0.39, 0.29) is 11.1 Å². The van der Waals surface area contributed by atoms with Gasteiger partial charge in [-0.15, -0.1) is 0 Å². The number of aromatic nitrogens is 2. The van der Waals surface area contributed by atoms with E-state index in [9.17, 15) is 9.59 Å². The van der Waals surface area contributed by atoms with Gasteiger partial charge in [-0.2, -0.15) is 5.10 Å². The summed E-state index contributed by atoms with van der Waals surface area (Å²) in [5.41, 5.74) is 1.07. The summed E-state index contributed by atoms with van der Waals surface area (Å²) >= 11 is 0. The van der Waals surface area contributed by atoms with Crippen LogP contribution in [-0.2, 0) is 0 Å². The van der Waals surface area contributed by atoms with Crippen molar-refractivity contribution in [2.45, 2.75) is 6.92 Å². The topological polar surface area (TPSA) is 79.3 Å². The molecule has 0 radical (unpaired) electrons. The molecular formula is C18H23N5O2. The summed E-state index contributed by atoms with van der Waals surface area (Å²) in [6.07, 6.45) is 0. The van der Waals surface area contributed by atoms with Crippen LogP contribution in [0.2, 0.25) is 0 Å². The van der Waals surface area contributed by atoms with Gasteiger partial charge in [0.25, 0.3) is 5.91 Å². The zero-order valence-corrected chi connectivity index (χ0v) is 14.4. The molecule has 0 atom stereocenters. The molecule has 2 N–H and O–H groups in total. The summed E-state index contributed by atoms with van der Waals surface area (Å²) in [7, 11) is 0. The minimum absolute atomic E-state index is 0.0743. The van der Waals surface area contributed by atoms with Gasteiger partial charge >= 0.3 is 0 Å². The third-order valence-electron chi connectivity index (χ3n) is 4.25. The molecule has 0 bridgehead atoms. The molecule has 132 valence electrons. The van der Waals surface area contributed by atoms with Crippen molar-refractivity contribution in [3.8, 4) is 5.69 Å². The van der Waals surface area contributed by atoms with Crippen LogP contribution in [-0.4, -0.2) is 59.9 Å². The Hall–Kier alpha value is -2.51. The van der Waals surface area contributed by atoms with E-state index in [1.54, 1.807) is 11.6 Å². The fourth-order valence-corrected chi connectivity index (χ4v) is 2.88. The highest BCUT2D eigenvalue weighted by Gasteiger charge is 2.16. The Bertz CT molecular complexity index is 782. The van der Waals surface area contributed by atoms with Gasteiger partial charge in [0.15, 0.2) is 5.69 Å². The number of aryl methyl sites for hydroxylation is 1. The van der Waals surface area contributed by atoms with Crippen molar-refractivity contribution in [3.63, 3.8) is 0 Å². The Labute approximate surface area is 146 Å². The molecule has 25 heavy (non-hydrogen) atoms. The molecule has 1 amide bonds. The number of para-hydroxylation sites is 1. The molecule has 2 aromatic rings. The van der Waals surface area contributed by atoms with Crippen LogP contribution in [0.1, 0.15) is 16.2 Å². The van der Waals surface area contributed by atoms with Crippen LogP contribution in [0, 0.1) is 6.92 Å². The minimum Gasteiger partial charge on any atom is -0.349 e. The summed E-state index contributed by atoms with van der Waals surface area (Å²) in [5.74, 6) is -0.426. The van der Waals surface area contributed by atoms with Crippen molar-refractivity contribution in [1.82, 2.24) is 25.3 Å². The van der Waals surface area contributed by atoms with E-state index >= 15 is 0 Å². The maximum absolute atomic E-state index is 12.4. The lowest BCUT2D eigenvalue weighted by Gasteiger charge is -2.27. The smallest absolute Gasteiger partial charge is 0.275 e. The minimum atomic E-state index is -0.426. The molecule has 3 rings (SSSR count). The average Bonchev–Trinajstić information content (AvgIpc) is 2.63. The molecule has 7 nitrogen and oxygen atoms in total. The number of rotatable bonds is 5. The van der Waals surface area contributed by atoms with E-state index in [0.29, 0.717) is 12.2 Å². The van der Waals surface area contributed by atoms with E-state index in [4.69, 9.17) is 0 Å². The van der Waals surface area contributed by atoms with E-state index in [1.165, 1.54) is 6.07 Å². The highest BCUT2D eigenvalue weighted by molar-refractivity contribution is 5.92. The van der Waals surface area contributed by atoms with Crippen LogP contribution in [0.3, 0.4) is 0 Å².